The molecule has 0 saturated heterocycles. The van der Waals surface area contributed by atoms with Crippen LogP contribution in [0.3, 0.4) is 0 Å². The summed E-state index contributed by atoms with van der Waals surface area (Å²) in [7, 11) is 0. The molecule has 1 aromatic rings. The van der Waals surface area contributed by atoms with Crippen LogP contribution in [0.25, 0.3) is 0 Å². The Morgan fingerprint density at radius 1 is 1.50 bits per heavy atom. The lowest BCUT2D eigenvalue weighted by Gasteiger charge is -2.19. The second-order valence-electron chi connectivity index (χ2n) is 5.61. The topological polar surface area (TPSA) is 69.8 Å². The van der Waals surface area contributed by atoms with Gasteiger partial charge in [-0.1, -0.05) is 12.8 Å². The van der Waals surface area contributed by atoms with Crippen LogP contribution in [-0.4, -0.2) is 30.7 Å². The average molecular weight is 279 g/mol. The molecule has 1 atom stereocenters. The Bertz CT molecular complexity index is 422. The zero-order chi connectivity index (χ0) is 14.4. The molecule has 112 valence electrons. The van der Waals surface area contributed by atoms with Crippen molar-refractivity contribution in [2.45, 2.75) is 38.7 Å². The number of guanidine groups is 1. The summed E-state index contributed by atoms with van der Waals surface area (Å²) in [6.45, 7) is 5.74. The summed E-state index contributed by atoms with van der Waals surface area (Å²) in [6, 6.07) is 3.54. The number of aliphatic imine (C=N–C) groups is 1. The number of aliphatic hydroxyl groups is 1. The van der Waals surface area contributed by atoms with Crippen molar-refractivity contribution in [1.82, 2.24) is 10.6 Å². The van der Waals surface area contributed by atoms with Crippen LogP contribution < -0.4 is 10.6 Å². The molecule has 3 N–H and O–H groups in total. The number of furan rings is 1. The van der Waals surface area contributed by atoms with Gasteiger partial charge in [-0.25, -0.2) is 4.99 Å². The van der Waals surface area contributed by atoms with E-state index in [1.54, 1.807) is 25.3 Å². The number of hydrogen-bond donors (Lipinski definition) is 3. The van der Waals surface area contributed by atoms with Gasteiger partial charge in [0.05, 0.1) is 12.8 Å². The van der Waals surface area contributed by atoms with Crippen LogP contribution in [0.1, 0.15) is 38.9 Å². The van der Waals surface area contributed by atoms with Crippen molar-refractivity contribution < 1.29 is 9.52 Å². The van der Waals surface area contributed by atoms with Crippen molar-refractivity contribution in [2.75, 3.05) is 19.6 Å². The Balaban J connectivity index is 1.86. The van der Waals surface area contributed by atoms with Crippen LogP contribution in [0.2, 0.25) is 0 Å². The Kier molecular flexibility index (Phi) is 5.06. The molecule has 0 radical (unpaired) electrons. The normalized spacial score (nSPS) is 18.6. The van der Waals surface area contributed by atoms with Gasteiger partial charge in [0, 0.05) is 13.1 Å². The minimum absolute atomic E-state index is 0.263. The van der Waals surface area contributed by atoms with Crippen molar-refractivity contribution in [3.8, 4) is 0 Å². The van der Waals surface area contributed by atoms with E-state index in [9.17, 15) is 5.11 Å². The highest BCUT2D eigenvalue weighted by molar-refractivity contribution is 5.79. The van der Waals surface area contributed by atoms with Crippen molar-refractivity contribution in [3.05, 3.63) is 24.2 Å². The molecule has 5 nitrogen and oxygen atoms in total. The Labute approximate surface area is 120 Å². The summed E-state index contributed by atoms with van der Waals surface area (Å²) in [5, 5.41) is 16.9. The second-order valence-corrected chi connectivity index (χ2v) is 5.61. The summed E-state index contributed by atoms with van der Waals surface area (Å²) in [4.78, 5) is 4.44. The first-order chi connectivity index (χ1) is 9.62. The lowest BCUT2D eigenvalue weighted by Crippen LogP contribution is -2.39. The maximum absolute atomic E-state index is 10.4. The van der Waals surface area contributed by atoms with Gasteiger partial charge >= 0.3 is 0 Å². The summed E-state index contributed by atoms with van der Waals surface area (Å²) in [6.07, 6.45) is 5.48. The average Bonchev–Trinajstić information content (AvgIpc) is 3.06. The quantitative estimate of drug-likeness (QED) is 0.526. The zero-order valence-corrected chi connectivity index (χ0v) is 12.4. The van der Waals surface area contributed by atoms with Crippen LogP contribution >= 0.6 is 0 Å². The van der Waals surface area contributed by atoms with Gasteiger partial charge in [0.15, 0.2) is 5.96 Å². The van der Waals surface area contributed by atoms with Gasteiger partial charge in [-0.15, -0.1) is 0 Å². The van der Waals surface area contributed by atoms with E-state index < -0.39 is 5.60 Å². The molecule has 1 aliphatic rings. The molecule has 1 fully saturated rings. The molecule has 2 rings (SSSR count). The first kappa shape index (κ1) is 14.9. The molecule has 1 aliphatic carbocycles. The van der Waals surface area contributed by atoms with E-state index in [4.69, 9.17) is 4.42 Å². The highest BCUT2D eigenvalue weighted by Crippen LogP contribution is 2.31. The van der Waals surface area contributed by atoms with Crippen molar-refractivity contribution >= 4 is 5.96 Å². The standard InChI is InChI=1S/C15H25N3O2/c1-3-16-14(17-9-8-12-6-7-12)18-11-15(2,19)13-5-4-10-20-13/h4-5,10,12,19H,3,6-9,11H2,1-2H3,(H2,16,17,18). The molecule has 20 heavy (non-hydrogen) atoms. The molecule has 1 unspecified atom stereocenters. The lowest BCUT2D eigenvalue weighted by atomic mass is 10.0. The van der Waals surface area contributed by atoms with Gasteiger partial charge in [-0.05, 0) is 38.3 Å². The molecule has 1 saturated carbocycles. The summed E-state index contributed by atoms with van der Waals surface area (Å²) in [5.41, 5.74) is -1.08. The second kappa shape index (κ2) is 6.79. The molecular formula is C15H25N3O2. The summed E-state index contributed by atoms with van der Waals surface area (Å²) < 4.78 is 5.25. The predicted octanol–water partition coefficient (Wildman–Crippen LogP) is 1.84. The van der Waals surface area contributed by atoms with E-state index in [2.05, 4.69) is 15.6 Å². The summed E-state index contributed by atoms with van der Waals surface area (Å²) in [5.74, 6) is 2.19. The third-order valence-electron chi connectivity index (χ3n) is 3.48. The van der Waals surface area contributed by atoms with Crippen LogP contribution in [-0.2, 0) is 5.60 Å². The Morgan fingerprint density at radius 3 is 2.90 bits per heavy atom. The highest BCUT2D eigenvalue weighted by Gasteiger charge is 2.26. The van der Waals surface area contributed by atoms with E-state index in [1.807, 2.05) is 6.92 Å². The van der Waals surface area contributed by atoms with Gasteiger partial charge in [-0.2, -0.15) is 0 Å². The molecule has 0 aromatic carbocycles. The molecule has 1 aromatic heterocycles. The number of rotatable bonds is 7. The fourth-order valence-electron chi connectivity index (χ4n) is 2.04. The predicted molar refractivity (Wildman–Crippen MR) is 79.6 cm³/mol. The van der Waals surface area contributed by atoms with Crippen molar-refractivity contribution in [1.29, 1.82) is 0 Å². The van der Waals surface area contributed by atoms with Crippen molar-refractivity contribution in [2.24, 2.45) is 10.9 Å². The van der Waals surface area contributed by atoms with Gasteiger partial charge in [0.2, 0.25) is 0 Å². The van der Waals surface area contributed by atoms with Gasteiger partial charge < -0.3 is 20.2 Å². The largest absolute Gasteiger partial charge is 0.466 e. The fourth-order valence-corrected chi connectivity index (χ4v) is 2.04. The SMILES string of the molecule is CCNC(=NCC(C)(O)c1ccco1)NCCC1CC1. The molecule has 1 heterocycles. The Morgan fingerprint density at radius 2 is 2.30 bits per heavy atom. The minimum atomic E-state index is -1.08. The first-order valence-corrected chi connectivity index (χ1v) is 7.40. The maximum atomic E-state index is 10.4. The van der Waals surface area contributed by atoms with Gasteiger partial charge in [0.25, 0.3) is 0 Å². The van der Waals surface area contributed by atoms with E-state index in [1.165, 1.54) is 19.3 Å². The van der Waals surface area contributed by atoms with E-state index in [-0.39, 0.29) is 6.54 Å². The highest BCUT2D eigenvalue weighted by atomic mass is 16.4. The van der Waals surface area contributed by atoms with Gasteiger partial charge in [0.1, 0.15) is 11.4 Å². The van der Waals surface area contributed by atoms with E-state index in [0.717, 1.165) is 25.0 Å². The molecule has 0 aliphatic heterocycles. The first-order valence-electron chi connectivity index (χ1n) is 7.40. The number of nitrogens with zero attached hydrogens (tertiary/aromatic N) is 1. The zero-order valence-electron chi connectivity index (χ0n) is 12.4. The summed E-state index contributed by atoms with van der Waals surface area (Å²) >= 11 is 0. The van der Waals surface area contributed by atoms with Crippen LogP contribution in [0.5, 0.6) is 0 Å². The molecule has 0 amide bonds. The molecule has 5 heteroatoms. The fraction of sp³-hybridized carbons (Fsp3) is 0.667. The molecule has 0 bridgehead atoms. The smallest absolute Gasteiger partial charge is 0.191 e. The van der Waals surface area contributed by atoms with Gasteiger partial charge in [-0.3, -0.25) is 0 Å². The Hall–Kier alpha value is -1.49. The lowest BCUT2D eigenvalue weighted by molar-refractivity contribution is 0.0437. The van der Waals surface area contributed by atoms with E-state index in [0.29, 0.717) is 5.76 Å². The van der Waals surface area contributed by atoms with Crippen LogP contribution in [0, 0.1) is 5.92 Å². The van der Waals surface area contributed by atoms with Crippen molar-refractivity contribution in [3.63, 3.8) is 0 Å². The maximum Gasteiger partial charge on any atom is 0.191 e. The number of nitrogens with one attached hydrogen (secondary N) is 2. The monoisotopic (exact) mass is 279 g/mol. The molecular weight excluding hydrogens is 254 g/mol. The van der Waals surface area contributed by atoms with Crippen LogP contribution in [0.15, 0.2) is 27.8 Å². The third kappa shape index (κ3) is 4.56. The third-order valence-corrected chi connectivity index (χ3v) is 3.48. The van der Waals surface area contributed by atoms with E-state index >= 15 is 0 Å². The van der Waals surface area contributed by atoms with Crippen LogP contribution in [0.4, 0.5) is 0 Å². The number of hydrogen-bond acceptors (Lipinski definition) is 3. The molecule has 0 spiro atoms. The minimum Gasteiger partial charge on any atom is -0.466 e.